The minimum absolute atomic E-state index is 0.0335. The fourth-order valence-corrected chi connectivity index (χ4v) is 3.31. The Morgan fingerprint density at radius 2 is 1.90 bits per heavy atom. The number of nitrogens with zero attached hydrogens (tertiary/aromatic N) is 1. The third-order valence-electron chi connectivity index (χ3n) is 5.37. The second-order valence-corrected chi connectivity index (χ2v) is 7.56. The first-order valence-electron chi connectivity index (χ1n) is 10.8. The molecule has 168 valence electrons. The molecule has 0 saturated heterocycles. The predicted octanol–water partition coefficient (Wildman–Crippen LogP) is 5.39. The number of carbonyl (C=O) groups is 2. The topological polar surface area (TPSA) is 61.4 Å². The molecule has 1 aromatic rings. The van der Waals surface area contributed by atoms with E-state index in [1.165, 1.54) is 0 Å². The highest BCUT2D eigenvalue weighted by molar-refractivity contribution is 5.95. The van der Waals surface area contributed by atoms with E-state index in [4.69, 9.17) is 0 Å². The SMILES string of the molecule is C=CCCCCCC(=O)Nc1cccc(C=C)c1C(=C)N(C)C(C=O)CCC(=C)NC. The van der Waals surface area contributed by atoms with Gasteiger partial charge in [0.25, 0.3) is 0 Å². The Morgan fingerprint density at radius 3 is 2.52 bits per heavy atom. The van der Waals surface area contributed by atoms with Gasteiger partial charge in [0.15, 0.2) is 0 Å². The zero-order chi connectivity index (χ0) is 23.2. The van der Waals surface area contributed by atoms with Crippen molar-refractivity contribution < 1.29 is 9.59 Å². The Labute approximate surface area is 187 Å². The normalized spacial score (nSPS) is 11.2. The molecule has 0 aliphatic carbocycles. The van der Waals surface area contributed by atoms with E-state index < -0.39 is 0 Å². The molecule has 5 nitrogen and oxygen atoms in total. The van der Waals surface area contributed by atoms with Crippen molar-refractivity contribution in [3.8, 4) is 0 Å². The number of allylic oxidation sites excluding steroid dienone is 2. The molecule has 0 aromatic heterocycles. The quantitative estimate of drug-likeness (QED) is 0.213. The van der Waals surface area contributed by atoms with Gasteiger partial charge < -0.3 is 20.3 Å². The first-order valence-corrected chi connectivity index (χ1v) is 10.8. The van der Waals surface area contributed by atoms with Crippen molar-refractivity contribution in [3.05, 3.63) is 67.4 Å². The van der Waals surface area contributed by atoms with Gasteiger partial charge in [-0.25, -0.2) is 0 Å². The van der Waals surface area contributed by atoms with Gasteiger partial charge in [0.05, 0.1) is 11.7 Å². The maximum Gasteiger partial charge on any atom is 0.224 e. The van der Waals surface area contributed by atoms with Gasteiger partial charge in [0, 0.05) is 37.5 Å². The molecule has 1 aromatic carbocycles. The Hall–Kier alpha value is -3.08. The van der Waals surface area contributed by atoms with Crippen molar-refractivity contribution >= 4 is 29.7 Å². The van der Waals surface area contributed by atoms with Crippen molar-refractivity contribution in [2.45, 2.75) is 51.0 Å². The van der Waals surface area contributed by atoms with Crippen LogP contribution >= 0.6 is 0 Å². The molecule has 0 aliphatic heterocycles. The van der Waals surface area contributed by atoms with Crippen LogP contribution < -0.4 is 10.6 Å². The summed E-state index contributed by atoms with van der Waals surface area (Å²) < 4.78 is 0. The largest absolute Gasteiger partial charge is 0.392 e. The standard InChI is InChI=1S/C26H37N3O2/c1-7-9-10-11-12-16-25(31)28-24-15-13-14-22(8-2)26(24)21(4)29(6)23(19-30)18-17-20(3)27-5/h7-8,13-15,19,23,27H,1-4,9-12,16-18H2,5-6H3,(H,28,31). The van der Waals surface area contributed by atoms with Gasteiger partial charge in [-0.05, 0) is 43.7 Å². The van der Waals surface area contributed by atoms with E-state index >= 15 is 0 Å². The average Bonchev–Trinajstić information content (AvgIpc) is 2.78. The lowest BCUT2D eigenvalue weighted by atomic mass is 10.00. The molecule has 0 fully saturated rings. The van der Waals surface area contributed by atoms with E-state index in [2.05, 4.69) is 36.9 Å². The predicted molar refractivity (Wildman–Crippen MR) is 133 cm³/mol. The second-order valence-electron chi connectivity index (χ2n) is 7.56. The first-order chi connectivity index (χ1) is 14.9. The van der Waals surface area contributed by atoms with E-state index in [1.807, 2.05) is 43.3 Å². The van der Waals surface area contributed by atoms with Crippen molar-refractivity contribution in [1.82, 2.24) is 10.2 Å². The minimum Gasteiger partial charge on any atom is -0.392 e. The van der Waals surface area contributed by atoms with E-state index in [1.54, 1.807) is 6.08 Å². The molecular weight excluding hydrogens is 386 g/mol. The van der Waals surface area contributed by atoms with Crippen LogP contribution in [0.25, 0.3) is 11.8 Å². The Morgan fingerprint density at radius 1 is 1.16 bits per heavy atom. The van der Waals surface area contributed by atoms with Crippen molar-refractivity contribution in [3.63, 3.8) is 0 Å². The monoisotopic (exact) mass is 423 g/mol. The average molecular weight is 424 g/mol. The van der Waals surface area contributed by atoms with Crippen LogP contribution in [-0.4, -0.2) is 37.2 Å². The molecule has 31 heavy (non-hydrogen) atoms. The summed E-state index contributed by atoms with van der Waals surface area (Å²) in [5.41, 5.74) is 3.83. The van der Waals surface area contributed by atoms with Crippen molar-refractivity contribution in [2.24, 2.45) is 0 Å². The van der Waals surface area contributed by atoms with Crippen molar-refractivity contribution in [2.75, 3.05) is 19.4 Å². The Kier molecular flexibility index (Phi) is 11.7. The smallest absolute Gasteiger partial charge is 0.224 e. The maximum absolute atomic E-state index is 12.5. The molecule has 0 saturated carbocycles. The third-order valence-corrected chi connectivity index (χ3v) is 5.37. The van der Waals surface area contributed by atoms with Gasteiger partial charge in [0.2, 0.25) is 5.91 Å². The molecule has 1 amide bonds. The highest BCUT2D eigenvalue weighted by atomic mass is 16.1. The molecule has 0 bridgehead atoms. The lowest BCUT2D eigenvalue weighted by Crippen LogP contribution is -2.32. The number of amides is 1. The number of hydrogen-bond donors (Lipinski definition) is 2. The van der Waals surface area contributed by atoms with Crippen LogP contribution in [0.5, 0.6) is 0 Å². The lowest BCUT2D eigenvalue weighted by molar-refractivity contribution is -0.116. The van der Waals surface area contributed by atoms with Gasteiger partial charge in [0.1, 0.15) is 6.29 Å². The molecule has 1 unspecified atom stereocenters. The van der Waals surface area contributed by atoms with Gasteiger partial charge in [-0.3, -0.25) is 4.79 Å². The summed E-state index contributed by atoms with van der Waals surface area (Å²) in [5, 5.41) is 6.03. The van der Waals surface area contributed by atoms with E-state index in [0.717, 1.165) is 48.8 Å². The van der Waals surface area contributed by atoms with Crippen molar-refractivity contribution in [1.29, 1.82) is 0 Å². The summed E-state index contributed by atoms with van der Waals surface area (Å²) in [4.78, 5) is 26.1. The zero-order valence-electron chi connectivity index (χ0n) is 19.1. The molecule has 5 heteroatoms. The van der Waals surface area contributed by atoms with Gasteiger partial charge in [-0.2, -0.15) is 0 Å². The summed E-state index contributed by atoms with van der Waals surface area (Å²) in [6.07, 6.45) is 10.1. The molecule has 2 N–H and O–H groups in total. The zero-order valence-corrected chi connectivity index (χ0v) is 19.1. The van der Waals surface area contributed by atoms with Crippen LogP contribution in [0, 0.1) is 0 Å². The number of anilines is 1. The minimum atomic E-state index is -0.358. The lowest BCUT2D eigenvalue weighted by Gasteiger charge is -2.30. The highest BCUT2D eigenvalue weighted by Crippen LogP contribution is 2.31. The number of aldehydes is 1. The number of unbranched alkanes of at least 4 members (excludes halogenated alkanes) is 3. The molecule has 0 aliphatic rings. The number of rotatable bonds is 16. The second kappa shape index (κ2) is 14.0. The van der Waals surface area contributed by atoms with Gasteiger partial charge >= 0.3 is 0 Å². The maximum atomic E-state index is 12.5. The fraction of sp³-hybridized carbons (Fsp3) is 0.385. The third kappa shape index (κ3) is 8.28. The van der Waals surface area contributed by atoms with E-state index in [9.17, 15) is 9.59 Å². The summed E-state index contributed by atoms with van der Waals surface area (Å²) in [7, 11) is 3.66. The van der Waals surface area contributed by atoms with Crippen LogP contribution in [0.2, 0.25) is 0 Å². The van der Waals surface area contributed by atoms with E-state index in [-0.39, 0.29) is 11.9 Å². The van der Waals surface area contributed by atoms with E-state index in [0.29, 0.717) is 30.6 Å². The summed E-state index contributed by atoms with van der Waals surface area (Å²) in [6.45, 7) is 15.8. The Balaban J connectivity index is 2.98. The summed E-state index contributed by atoms with van der Waals surface area (Å²) in [5.74, 6) is -0.0335. The van der Waals surface area contributed by atoms with Crippen LogP contribution in [0.3, 0.4) is 0 Å². The fourth-order valence-electron chi connectivity index (χ4n) is 3.31. The number of benzene rings is 1. The van der Waals surface area contributed by atoms with Crippen LogP contribution in [0.4, 0.5) is 5.69 Å². The Bertz CT molecular complexity index is 798. The molecular formula is C26H37N3O2. The van der Waals surface area contributed by atoms with Crippen LogP contribution in [-0.2, 0) is 9.59 Å². The van der Waals surface area contributed by atoms with Gasteiger partial charge in [-0.15, -0.1) is 6.58 Å². The number of carbonyl (C=O) groups excluding carboxylic acids is 2. The summed E-state index contributed by atoms with van der Waals surface area (Å²) >= 11 is 0. The first kappa shape index (κ1) is 26.0. The number of nitrogens with one attached hydrogen (secondary N) is 2. The number of likely N-dealkylation sites (N-methyl/N-ethyl adjacent to an activating group) is 1. The molecule has 1 atom stereocenters. The van der Waals surface area contributed by atoms with Crippen LogP contribution in [0.15, 0.2) is 56.3 Å². The molecule has 0 spiro atoms. The van der Waals surface area contributed by atoms with Gasteiger partial charge in [-0.1, -0.05) is 50.4 Å². The van der Waals surface area contributed by atoms with Crippen LogP contribution in [0.1, 0.15) is 56.1 Å². The molecule has 0 heterocycles. The molecule has 0 radical (unpaired) electrons. The number of hydrogen-bond acceptors (Lipinski definition) is 4. The molecule has 1 rings (SSSR count). The highest BCUT2D eigenvalue weighted by Gasteiger charge is 2.21. The summed E-state index contributed by atoms with van der Waals surface area (Å²) in [6, 6.07) is 5.30.